The van der Waals surface area contributed by atoms with Crippen LogP contribution in [0.25, 0.3) is 43.1 Å². The Kier molecular flexibility index (Phi) is 3.24. The summed E-state index contributed by atoms with van der Waals surface area (Å²) in [6, 6.07) is 5.62. The van der Waals surface area contributed by atoms with E-state index in [1.165, 1.54) is 32.4 Å². The molecule has 0 amide bonds. The largest absolute Gasteiger partial charge is 0.507 e. The Morgan fingerprint density at radius 1 is 0.742 bits per heavy atom. The highest BCUT2D eigenvalue weighted by molar-refractivity contribution is 6.38. The van der Waals surface area contributed by atoms with Crippen LogP contribution in [0.15, 0.2) is 33.9 Å². The first-order valence-corrected chi connectivity index (χ1v) is 9.38. The van der Waals surface area contributed by atoms with Crippen LogP contribution < -0.4 is 29.8 Å². The van der Waals surface area contributed by atoms with E-state index in [4.69, 9.17) is 18.9 Å². The molecule has 8 heteroatoms. The minimum absolute atomic E-state index is 0.00369. The first-order valence-electron chi connectivity index (χ1n) is 9.38. The van der Waals surface area contributed by atoms with Gasteiger partial charge in [0.05, 0.1) is 25.0 Å². The summed E-state index contributed by atoms with van der Waals surface area (Å²) in [5.41, 5.74) is -0.878. The number of fused-ring (bicyclic) bond motifs is 1. The third-order valence-corrected chi connectivity index (χ3v) is 5.93. The van der Waals surface area contributed by atoms with Crippen molar-refractivity contribution in [3.05, 3.63) is 44.7 Å². The number of hydrogen-bond donors (Lipinski definition) is 2. The molecule has 0 atom stereocenters. The van der Waals surface area contributed by atoms with E-state index in [2.05, 4.69) is 0 Å². The van der Waals surface area contributed by atoms with Gasteiger partial charge in [-0.15, -0.1) is 0 Å². The summed E-state index contributed by atoms with van der Waals surface area (Å²) >= 11 is 0. The fourth-order valence-electron chi connectivity index (χ4n) is 4.79. The number of rotatable bonds is 2. The van der Waals surface area contributed by atoms with Crippen molar-refractivity contribution >= 4 is 43.1 Å². The molecular weight excluding hydrogens is 404 g/mol. The van der Waals surface area contributed by atoms with Gasteiger partial charge in [-0.05, 0) is 17.5 Å². The second-order valence-electron chi connectivity index (χ2n) is 7.32. The molecule has 0 bridgehead atoms. The molecule has 1 heterocycles. The van der Waals surface area contributed by atoms with Crippen LogP contribution in [0.1, 0.15) is 0 Å². The van der Waals surface area contributed by atoms with Gasteiger partial charge in [0.2, 0.25) is 12.5 Å². The molecule has 1 aliphatic heterocycles. The summed E-state index contributed by atoms with van der Waals surface area (Å²) in [5.74, 6) is 0.178. The Bertz CT molecular complexity index is 1690. The maximum absolute atomic E-state index is 13.0. The number of hydrogen-bond acceptors (Lipinski definition) is 8. The SMILES string of the molecule is COc1c(O)c2c(=O)cc3c4c5c(cc(=O)c6c(O)ccc(c(c1OC)c24)c65)OCO3. The monoisotopic (exact) mass is 418 g/mol. The molecule has 1 aliphatic rings. The third-order valence-electron chi connectivity index (χ3n) is 5.93. The second-order valence-corrected chi connectivity index (χ2v) is 7.32. The minimum atomic E-state index is -0.462. The van der Waals surface area contributed by atoms with E-state index in [-0.39, 0.29) is 52.1 Å². The van der Waals surface area contributed by atoms with Crippen LogP contribution in [-0.2, 0) is 0 Å². The van der Waals surface area contributed by atoms with E-state index >= 15 is 0 Å². The Hall–Kier alpha value is -4.20. The Morgan fingerprint density at radius 3 is 2.00 bits per heavy atom. The van der Waals surface area contributed by atoms with Crippen molar-refractivity contribution in [3.63, 3.8) is 0 Å². The number of ether oxygens (including phenoxy) is 4. The highest BCUT2D eigenvalue weighted by atomic mass is 16.7. The van der Waals surface area contributed by atoms with Gasteiger partial charge in [-0.3, -0.25) is 9.59 Å². The molecule has 0 unspecified atom stereocenters. The second kappa shape index (κ2) is 5.69. The predicted molar refractivity (Wildman–Crippen MR) is 114 cm³/mol. The van der Waals surface area contributed by atoms with Gasteiger partial charge in [-0.25, -0.2) is 0 Å². The van der Waals surface area contributed by atoms with E-state index in [0.29, 0.717) is 32.3 Å². The van der Waals surface area contributed by atoms with Gasteiger partial charge in [0, 0.05) is 39.1 Å². The number of phenols is 2. The summed E-state index contributed by atoms with van der Waals surface area (Å²) in [5, 5.41) is 24.4. The number of methoxy groups -OCH3 is 2. The molecule has 8 nitrogen and oxygen atoms in total. The van der Waals surface area contributed by atoms with Crippen molar-refractivity contribution in [2.24, 2.45) is 0 Å². The average Bonchev–Trinajstić information content (AvgIpc) is 2.92. The van der Waals surface area contributed by atoms with Crippen LogP contribution in [0.5, 0.6) is 34.5 Å². The summed E-state index contributed by atoms with van der Waals surface area (Å²) < 4.78 is 22.4. The van der Waals surface area contributed by atoms with Crippen LogP contribution in [-0.4, -0.2) is 31.2 Å². The molecular formula is C23H14O8. The standard InChI is InChI=1S/C23H14O8/c1-28-22-15-8-3-4-9(24)16-10(25)5-12-18(14(8)16)19-13(31-7-30-12)6-11(26)17(20(15)19)21(27)23(22)29-2/h3-6,24,27H,7H2,1-2H3. The third kappa shape index (κ3) is 1.94. The highest BCUT2D eigenvalue weighted by Gasteiger charge is 2.30. The topological polar surface area (TPSA) is 112 Å². The van der Waals surface area contributed by atoms with E-state index in [0.717, 1.165) is 0 Å². The lowest BCUT2D eigenvalue weighted by Gasteiger charge is -2.20. The lowest BCUT2D eigenvalue weighted by molar-refractivity contribution is 0.125. The van der Waals surface area contributed by atoms with Crippen LogP contribution in [0, 0.1) is 0 Å². The van der Waals surface area contributed by atoms with Gasteiger partial charge in [-0.1, -0.05) is 0 Å². The Balaban J connectivity index is 2.15. The maximum atomic E-state index is 13.0. The van der Waals surface area contributed by atoms with Crippen LogP contribution >= 0.6 is 0 Å². The van der Waals surface area contributed by atoms with Gasteiger partial charge in [0.25, 0.3) is 0 Å². The molecule has 5 aromatic rings. The molecule has 0 aromatic heterocycles. The smallest absolute Gasteiger partial charge is 0.230 e. The molecule has 2 N–H and O–H groups in total. The summed E-state index contributed by atoms with van der Waals surface area (Å²) in [4.78, 5) is 25.9. The maximum Gasteiger partial charge on any atom is 0.230 e. The minimum Gasteiger partial charge on any atom is -0.507 e. The molecule has 154 valence electrons. The highest BCUT2D eigenvalue weighted by Crippen LogP contribution is 2.55. The van der Waals surface area contributed by atoms with Crippen molar-refractivity contribution in [1.82, 2.24) is 0 Å². The Labute approximate surface area is 173 Å². The lowest BCUT2D eigenvalue weighted by Crippen LogP contribution is -2.08. The van der Waals surface area contributed by atoms with E-state index < -0.39 is 10.9 Å². The van der Waals surface area contributed by atoms with Crippen LogP contribution in [0.2, 0.25) is 0 Å². The van der Waals surface area contributed by atoms with E-state index in [1.54, 1.807) is 6.07 Å². The zero-order valence-corrected chi connectivity index (χ0v) is 16.4. The first-order chi connectivity index (χ1) is 15.0. The molecule has 31 heavy (non-hydrogen) atoms. The summed E-state index contributed by atoms with van der Waals surface area (Å²) in [6.07, 6.45) is 0. The van der Waals surface area contributed by atoms with Crippen molar-refractivity contribution < 1.29 is 29.2 Å². The predicted octanol–water partition coefficient (Wildman–Crippen LogP) is 3.05. The van der Waals surface area contributed by atoms with Crippen LogP contribution in [0.4, 0.5) is 0 Å². The molecule has 6 rings (SSSR count). The summed E-state index contributed by atoms with van der Waals surface area (Å²) in [6.45, 7) is -0.210. The fraction of sp³-hybridized carbons (Fsp3) is 0.130. The van der Waals surface area contributed by atoms with Crippen molar-refractivity contribution in [1.29, 1.82) is 0 Å². The molecule has 0 spiro atoms. The molecule has 0 radical (unpaired) electrons. The zero-order valence-electron chi connectivity index (χ0n) is 16.4. The normalized spacial score (nSPS) is 13.1. The summed E-state index contributed by atoms with van der Waals surface area (Å²) in [7, 11) is 2.78. The van der Waals surface area contributed by atoms with Gasteiger partial charge >= 0.3 is 0 Å². The number of benzene rings is 5. The van der Waals surface area contributed by atoms with E-state index in [1.807, 2.05) is 0 Å². The van der Waals surface area contributed by atoms with Gasteiger partial charge < -0.3 is 29.2 Å². The van der Waals surface area contributed by atoms with Gasteiger partial charge in [-0.2, -0.15) is 0 Å². The average molecular weight is 418 g/mol. The van der Waals surface area contributed by atoms with Crippen molar-refractivity contribution in [2.45, 2.75) is 0 Å². The number of aromatic hydroxyl groups is 2. The first kappa shape index (κ1) is 17.6. The van der Waals surface area contributed by atoms with Crippen LogP contribution in [0.3, 0.4) is 0 Å². The molecule has 0 saturated carbocycles. The van der Waals surface area contributed by atoms with E-state index in [9.17, 15) is 19.8 Å². The number of phenolic OH excluding ortho intramolecular Hbond substituents is 2. The Morgan fingerprint density at radius 2 is 1.35 bits per heavy atom. The molecule has 0 aliphatic carbocycles. The zero-order chi connectivity index (χ0) is 21.6. The molecule has 5 aromatic carbocycles. The van der Waals surface area contributed by atoms with Gasteiger partial charge in [0.1, 0.15) is 17.2 Å². The van der Waals surface area contributed by atoms with Crippen molar-refractivity contribution in [2.75, 3.05) is 21.0 Å². The lowest BCUT2D eigenvalue weighted by atomic mass is 9.87. The van der Waals surface area contributed by atoms with Gasteiger partial charge in [0.15, 0.2) is 22.4 Å². The van der Waals surface area contributed by atoms with Crippen molar-refractivity contribution in [3.8, 4) is 34.5 Å². The quantitative estimate of drug-likeness (QED) is 0.332. The fourth-order valence-corrected chi connectivity index (χ4v) is 4.79. The molecule has 0 saturated heterocycles. The molecule has 0 fully saturated rings.